The number of methoxy groups -OCH3 is 1. The molecule has 0 amide bonds. The van der Waals surface area contributed by atoms with Gasteiger partial charge >= 0.3 is 0 Å². The third-order valence-corrected chi connectivity index (χ3v) is 7.33. The summed E-state index contributed by atoms with van der Waals surface area (Å²) in [7, 11) is 1.77. The van der Waals surface area contributed by atoms with Gasteiger partial charge < -0.3 is 4.74 Å². The SMILES string of the molecule is C=C=C[C@H]1CC[C@H]2[C@@H]3CCc4cc(OC)ccc4[C@H]3CC[C@]12C. The summed E-state index contributed by atoms with van der Waals surface area (Å²) in [5.41, 5.74) is 6.72. The molecule has 0 N–H and O–H groups in total. The van der Waals surface area contributed by atoms with Gasteiger partial charge in [-0.15, -0.1) is 5.73 Å². The monoisotopic (exact) mass is 308 g/mol. The van der Waals surface area contributed by atoms with Crippen molar-refractivity contribution in [3.8, 4) is 5.75 Å². The van der Waals surface area contributed by atoms with Crippen LogP contribution in [0.1, 0.15) is 56.1 Å². The summed E-state index contributed by atoms with van der Waals surface area (Å²) in [4.78, 5) is 0. The number of allylic oxidation sites excluding steroid dienone is 1. The highest BCUT2D eigenvalue weighted by Gasteiger charge is 2.53. The van der Waals surface area contributed by atoms with Crippen LogP contribution in [0.4, 0.5) is 0 Å². The molecule has 4 rings (SSSR count). The van der Waals surface area contributed by atoms with E-state index in [1.807, 2.05) is 0 Å². The molecule has 0 unspecified atom stereocenters. The first kappa shape index (κ1) is 15.1. The lowest BCUT2D eigenvalue weighted by Gasteiger charge is -2.50. The minimum absolute atomic E-state index is 0.482. The molecule has 0 aliphatic heterocycles. The quantitative estimate of drug-likeness (QED) is 0.655. The van der Waals surface area contributed by atoms with E-state index >= 15 is 0 Å². The fraction of sp³-hybridized carbons (Fsp3) is 0.591. The molecule has 0 bridgehead atoms. The molecule has 2 saturated carbocycles. The molecular formula is C22H28O. The molecule has 0 spiro atoms. The average Bonchev–Trinajstić information content (AvgIpc) is 2.91. The van der Waals surface area contributed by atoms with Gasteiger partial charge in [-0.25, -0.2) is 0 Å². The summed E-state index contributed by atoms with van der Waals surface area (Å²) in [6.45, 7) is 6.37. The highest BCUT2D eigenvalue weighted by molar-refractivity contribution is 5.40. The van der Waals surface area contributed by atoms with Crippen LogP contribution in [0, 0.1) is 23.2 Å². The van der Waals surface area contributed by atoms with E-state index in [0.29, 0.717) is 11.3 Å². The molecule has 1 aromatic rings. The topological polar surface area (TPSA) is 9.23 Å². The van der Waals surface area contributed by atoms with E-state index < -0.39 is 0 Å². The Morgan fingerprint density at radius 2 is 2.13 bits per heavy atom. The Morgan fingerprint density at radius 3 is 2.91 bits per heavy atom. The fourth-order valence-corrected chi connectivity index (χ4v) is 6.14. The molecule has 0 heterocycles. The van der Waals surface area contributed by atoms with Crippen LogP contribution in [0.3, 0.4) is 0 Å². The van der Waals surface area contributed by atoms with Crippen molar-refractivity contribution in [2.75, 3.05) is 7.11 Å². The summed E-state index contributed by atoms with van der Waals surface area (Å²) in [5.74, 6) is 4.24. The van der Waals surface area contributed by atoms with Crippen molar-refractivity contribution in [3.63, 3.8) is 0 Å². The average molecular weight is 308 g/mol. The van der Waals surface area contributed by atoms with Crippen molar-refractivity contribution < 1.29 is 4.74 Å². The van der Waals surface area contributed by atoms with E-state index in [0.717, 1.165) is 23.5 Å². The van der Waals surface area contributed by atoms with Gasteiger partial charge in [0.2, 0.25) is 0 Å². The van der Waals surface area contributed by atoms with Crippen molar-refractivity contribution >= 4 is 0 Å². The molecule has 1 heteroatoms. The van der Waals surface area contributed by atoms with Gasteiger partial charge in [-0.05, 0) is 96.9 Å². The molecule has 122 valence electrons. The van der Waals surface area contributed by atoms with Crippen LogP contribution in [0.2, 0.25) is 0 Å². The Hall–Kier alpha value is -1.46. The van der Waals surface area contributed by atoms with Crippen molar-refractivity contribution in [2.45, 2.75) is 51.4 Å². The molecular weight excluding hydrogens is 280 g/mol. The van der Waals surface area contributed by atoms with E-state index in [4.69, 9.17) is 4.74 Å². The Bertz CT molecular complexity index is 654. The first-order valence-electron chi connectivity index (χ1n) is 9.20. The fourth-order valence-electron chi connectivity index (χ4n) is 6.14. The summed E-state index contributed by atoms with van der Waals surface area (Å²) in [6.07, 6.45) is 10.3. The summed E-state index contributed by atoms with van der Waals surface area (Å²) >= 11 is 0. The number of hydrogen-bond donors (Lipinski definition) is 0. The normalized spacial score (nSPS) is 38.0. The molecule has 0 aromatic heterocycles. The minimum atomic E-state index is 0.482. The first-order chi connectivity index (χ1) is 11.2. The van der Waals surface area contributed by atoms with Gasteiger partial charge in [0, 0.05) is 0 Å². The van der Waals surface area contributed by atoms with Crippen LogP contribution in [0.5, 0.6) is 5.75 Å². The number of fused-ring (bicyclic) bond motifs is 5. The van der Waals surface area contributed by atoms with Gasteiger partial charge in [-0.2, -0.15) is 0 Å². The zero-order valence-corrected chi connectivity index (χ0v) is 14.5. The molecule has 2 fully saturated rings. The van der Waals surface area contributed by atoms with Gasteiger partial charge in [0.1, 0.15) is 5.75 Å². The Kier molecular flexibility index (Phi) is 3.65. The number of rotatable bonds is 2. The summed E-state index contributed by atoms with van der Waals surface area (Å²) in [6, 6.07) is 6.79. The van der Waals surface area contributed by atoms with E-state index in [9.17, 15) is 0 Å². The van der Waals surface area contributed by atoms with Crippen LogP contribution in [0.15, 0.2) is 36.6 Å². The second kappa shape index (κ2) is 5.56. The van der Waals surface area contributed by atoms with Crippen LogP contribution < -0.4 is 4.74 Å². The molecule has 3 aliphatic rings. The predicted octanol–water partition coefficient (Wildman–Crippen LogP) is 5.51. The van der Waals surface area contributed by atoms with Crippen molar-refractivity contribution in [1.82, 2.24) is 0 Å². The van der Waals surface area contributed by atoms with Gasteiger partial charge in [-0.1, -0.05) is 19.6 Å². The zero-order chi connectivity index (χ0) is 16.0. The van der Waals surface area contributed by atoms with Crippen LogP contribution in [-0.2, 0) is 6.42 Å². The van der Waals surface area contributed by atoms with E-state index in [1.165, 1.54) is 44.1 Å². The third-order valence-electron chi connectivity index (χ3n) is 7.33. The second-order valence-corrected chi connectivity index (χ2v) is 8.08. The second-order valence-electron chi connectivity index (χ2n) is 8.08. The molecule has 0 radical (unpaired) electrons. The van der Waals surface area contributed by atoms with Crippen molar-refractivity contribution in [2.24, 2.45) is 23.2 Å². The molecule has 23 heavy (non-hydrogen) atoms. The van der Waals surface area contributed by atoms with Gasteiger partial charge in [-0.3, -0.25) is 0 Å². The third kappa shape index (κ3) is 2.21. The maximum Gasteiger partial charge on any atom is 0.119 e. The Morgan fingerprint density at radius 1 is 1.26 bits per heavy atom. The first-order valence-corrected chi connectivity index (χ1v) is 9.20. The minimum Gasteiger partial charge on any atom is -0.497 e. The number of ether oxygens (including phenoxy) is 1. The van der Waals surface area contributed by atoms with Gasteiger partial charge in [0.25, 0.3) is 0 Å². The molecule has 3 aliphatic carbocycles. The van der Waals surface area contributed by atoms with Crippen LogP contribution in [0.25, 0.3) is 0 Å². The van der Waals surface area contributed by atoms with Crippen molar-refractivity contribution in [3.05, 3.63) is 47.7 Å². The predicted molar refractivity (Wildman–Crippen MR) is 94.8 cm³/mol. The zero-order valence-electron chi connectivity index (χ0n) is 14.5. The molecule has 1 nitrogen and oxygen atoms in total. The highest BCUT2D eigenvalue weighted by Crippen LogP contribution is 2.63. The summed E-state index contributed by atoms with van der Waals surface area (Å²) < 4.78 is 5.43. The molecule has 1 aromatic carbocycles. The van der Waals surface area contributed by atoms with E-state index in [-0.39, 0.29) is 0 Å². The van der Waals surface area contributed by atoms with Crippen molar-refractivity contribution in [1.29, 1.82) is 0 Å². The van der Waals surface area contributed by atoms with E-state index in [2.05, 4.69) is 43.5 Å². The Labute approximate surface area is 140 Å². The number of aryl methyl sites for hydroxylation is 1. The summed E-state index contributed by atoms with van der Waals surface area (Å²) in [5, 5.41) is 0. The maximum absolute atomic E-state index is 5.43. The van der Waals surface area contributed by atoms with Crippen LogP contribution in [-0.4, -0.2) is 7.11 Å². The maximum atomic E-state index is 5.43. The lowest BCUT2D eigenvalue weighted by atomic mass is 9.54. The smallest absolute Gasteiger partial charge is 0.119 e. The standard InChI is InChI=1S/C22H28O/c1-4-5-16-7-11-21-20-9-6-15-14-17(23-3)8-10-18(15)19(20)12-13-22(16,21)2/h5,8,10,14,16,19-21H,1,6-7,9,11-13H2,2-3H3/t16-,19+,20+,21-,22+/m0/s1. The largest absolute Gasteiger partial charge is 0.497 e. The number of benzene rings is 1. The lowest BCUT2D eigenvalue weighted by Crippen LogP contribution is -2.41. The highest BCUT2D eigenvalue weighted by atomic mass is 16.5. The Balaban J connectivity index is 1.66. The lowest BCUT2D eigenvalue weighted by molar-refractivity contribution is 0.0410. The number of hydrogen-bond acceptors (Lipinski definition) is 1. The van der Waals surface area contributed by atoms with Crippen LogP contribution >= 0.6 is 0 Å². The van der Waals surface area contributed by atoms with Gasteiger partial charge in [0.05, 0.1) is 7.11 Å². The molecule has 5 atom stereocenters. The van der Waals surface area contributed by atoms with Gasteiger partial charge in [0.15, 0.2) is 0 Å². The van der Waals surface area contributed by atoms with E-state index in [1.54, 1.807) is 12.7 Å². The molecule has 0 saturated heterocycles.